The highest BCUT2D eigenvalue weighted by atomic mass is 79.9. The van der Waals surface area contributed by atoms with Crippen molar-refractivity contribution < 1.29 is 0 Å². The molecule has 88 valence electrons. The normalized spacial score (nSPS) is 24.7. The molecule has 0 radical (unpaired) electrons. The topological polar surface area (TPSA) is 50.9 Å². The van der Waals surface area contributed by atoms with E-state index in [1.807, 2.05) is 6.20 Å². The number of nitrogens with zero attached hydrogens (tertiary/aromatic N) is 1. The van der Waals surface area contributed by atoms with E-state index < -0.39 is 0 Å². The van der Waals surface area contributed by atoms with E-state index in [0.29, 0.717) is 12.0 Å². The van der Waals surface area contributed by atoms with E-state index in [0.717, 1.165) is 22.4 Å². The molecule has 0 saturated heterocycles. The van der Waals surface area contributed by atoms with Gasteiger partial charge in [-0.3, -0.25) is 0 Å². The van der Waals surface area contributed by atoms with Crippen molar-refractivity contribution in [1.82, 2.24) is 4.98 Å². The highest BCUT2D eigenvalue weighted by molar-refractivity contribution is 9.10. The first-order valence-corrected chi connectivity index (χ1v) is 6.58. The largest absolute Gasteiger partial charge is 0.381 e. The molecule has 3 N–H and O–H groups in total. The molecule has 1 aromatic rings. The lowest BCUT2D eigenvalue weighted by atomic mass is 10.0. The number of rotatable bonds is 3. The van der Waals surface area contributed by atoms with Gasteiger partial charge in [0, 0.05) is 6.04 Å². The Morgan fingerprint density at radius 2 is 2.38 bits per heavy atom. The number of aryl methyl sites for hydroxylation is 1. The highest BCUT2D eigenvalue weighted by Gasteiger charge is 2.25. The summed E-state index contributed by atoms with van der Waals surface area (Å²) in [5, 5.41) is 3.55. The van der Waals surface area contributed by atoms with Gasteiger partial charge in [-0.2, -0.15) is 0 Å². The van der Waals surface area contributed by atoms with Crippen LogP contribution in [0, 0.1) is 12.8 Å². The fourth-order valence-corrected chi connectivity index (χ4v) is 2.58. The van der Waals surface area contributed by atoms with Crippen LogP contribution in [0.15, 0.2) is 16.9 Å². The Morgan fingerprint density at radius 1 is 1.56 bits per heavy atom. The molecule has 0 bridgehead atoms. The summed E-state index contributed by atoms with van der Waals surface area (Å²) in [6.45, 7) is 2.83. The fraction of sp³-hybridized carbons (Fsp3) is 0.583. The summed E-state index contributed by atoms with van der Waals surface area (Å²) in [5.74, 6) is 0.615. The quantitative estimate of drug-likeness (QED) is 0.839. The average Bonchev–Trinajstić information content (AvgIpc) is 2.71. The van der Waals surface area contributed by atoms with Crippen LogP contribution in [0.2, 0.25) is 0 Å². The Bertz CT molecular complexity index is 367. The molecule has 16 heavy (non-hydrogen) atoms. The molecule has 1 heterocycles. The van der Waals surface area contributed by atoms with E-state index in [1.54, 1.807) is 0 Å². The molecule has 0 aliphatic heterocycles. The standard InChI is InChI=1S/C12H18BrN3/c1-8-5-10(7-15-12(8)13)16-11-4-2-3-9(11)6-14/h5,7,9,11,16H,2-4,6,14H2,1H3. The Hall–Kier alpha value is -0.610. The van der Waals surface area contributed by atoms with Gasteiger partial charge in [0.25, 0.3) is 0 Å². The Morgan fingerprint density at radius 3 is 3.06 bits per heavy atom. The SMILES string of the molecule is Cc1cc(NC2CCCC2CN)cnc1Br. The van der Waals surface area contributed by atoms with Gasteiger partial charge < -0.3 is 11.1 Å². The zero-order chi connectivity index (χ0) is 11.5. The minimum Gasteiger partial charge on any atom is -0.381 e. The van der Waals surface area contributed by atoms with Crippen molar-refractivity contribution in [3.63, 3.8) is 0 Å². The molecule has 2 atom stereocenters. The number of nitrogens with one attached hydrogen (secondary N) is 1. The molecule has 0 amide bonds. The molecule has 1 saturated carbocycles. The minimum absolute atomic E-state index is 0.521. The van der Waals surface area contributed by atoms with Gasteiger partial charge >= 0.3 is 0 Å². The third kappa shape index (κ3) is 2.55. The summed E-state index contributed by atoms with van der Waals surface area (Å²) in [7, 11) is 0. The number of pyridine rings is 1. The number of aromatic nitrogens is 1. The zero-order valence-corrected chi connectivity index (χ0v) is 11.1. The predicted octanol–water partition coefficient (Wildman–Crippen LogP) is 2.69. The second kappa shape index (κ2) is 5.15. The van der Waals surface area contributed by atoms with Crippen LogP contribution in [0.3, 0.4) is 0 Å². The van der Waals surface area contributed by atoms with Crippen LogP contribution in [0.1, 0.15) is 24.8 Å². The van der Waals surface area contributed by atoms with Crippen molar-refractivity contribution in [3.05, 3.63) is 22.4 Å². The van der Waals surface area contributed by atoms with Gasteiger partial charge in [0.15, 0.2) is 0 Å². The monoisotopic (exact) mass is 283 g/mol. The van der Waals surface area contributed by atoms with Crippen molar-refractivity contribution in [2.24, 2.45) is 11.7 Å². The van der Waals surface area contributed by atoms with Crippen LogP contribution in [0.5, 0.6) is 0 Å². The molecule has 0 aromatic carbocycles. The van der Waals surface area contributed by atoms with Gasteiger partial charge in [-0.1, -0.05) is 6.42 Å². The fourth-order valence-electron chi connectivity index (χ4n) is 2.36. The van der Waals surface area contributed by atoms with Crippen LogP contribution >= 0.6 is 15.9 Å². The summed E-state index contributed by atoms with van der Waals surface area (Å²) in [5.41, 5.74) is 8.03. The minimum atomic E-state index is 0.521. The van der Waals surface area contributed by atoms with Crippen molar-refractivity contribution in [2.75, 3.05) is 11.9 Å². The summed E-state index contributed by atoms with van der Waals surface area (Å²) in [4.78, 5) is 4.29. The van der Waals surface area contributed by atoms with Crippen LogP contribution in [-0.4, -0.2) is 17.6 Å². The Kier molecular flexibility index (Phi) is 3.82. The van der Waals surface area contributed by atoms with Gasteiger partial charge in [0.1, 0.15) is 4.60 Å². The van der Waals surface area contributed by atoms with Crippen molar-refractivity contribution in [2.45, 2.75) is 32.2 Å². The van der Waals surface area contributed by atoms with Gasteiger partial charge in [-0.25, -0.2) is 4.98 Å². The van der Waals surface area contributed by atoms with E-state index in [4.69, 9.17) is 5.73 Å². The second-order valence-electron chi connectivity index (χ2n) is 4.51. The molecular weight excluding hydrogens is 266 g/mol. The molecule has 1 aliphatic carbocycles. The maximum absolute atomic E-state index is 5.77. The van der Waals surface area contributed by atoms with Crippen molar-refractivity contribution in [3.8, 4) is 0 Å². The maximum atomic E-state index is 5.77. The van der Waals surface area contributed by atoms with Gasteiger partial charge in [0.2, 0.25) is 0 Å². The van der Waals surface area contributed by atoms with Gasteiger partial charge in [-0.05, 0) is 59.8 Å². The lowest BCUT2D eigenvalue weighted by Crippen LogP contribution is -2.29. The zero-order valence-electron chi connectivity index (χ0n) is 9.54. The molecule has 2 unspecified atom stereocenters. The van der Waals surface area contributed by atoms with E-state index in [-0.39, 0.29) is 0 Å². The molecule has 1 aromatic heterocycles. The van der Waals surface area contributed by atoms with Crippen LogP contribution in [0.25, 0.3) is 0 Å². The summed E-state index contributed by atoms with van der Waals surface area (Å²) >= 11 is 3.41. The highest BCUT2D eigenvalue weighted by Crippen LogP contribution is 2.28. The average molecular weight is 284 g/mol. The number of hydrogen-bond donors (Lipinski definition) is 2. The first-order valence-electron chi connectivity index (χ1n) is 5.79. The number of anilines is 1. The van der Waals surface area contributed by atoms with Crippen LogP contribution < -0.4 is 11.1 Å². The first kappa shape index (κ1) is 11.9. The van der Waals surface area contributed by atoms with Crippen molar-refractivity contribution in [1.29, 1.82) is 0 Å². The number of nitrogens with two attached hydrogens (primary N) is 1. The van der Waals surface area contributed by atoms with E-state index in [9.17, 15) is 0 Å². The predicted molar refractivity (Wildman–Crippen MR) is 70.5 cm³/mol. The number of hydrogen-bond acceptors (Lipinski definition) is 3. The van der Waals surface area contributed by atoms with Crippen LogP contribution in [0.4, 0.5) is 5.69 Å². The summed E-state index contributed by atoms with van der Waals surface area (Å²) in [6.07, 6.45) is 5.62. The molecule has 3 nitrogen and oxygen atoms in total. The number of halogens is 1. The van der Waals surface area contributed by atoms with Gasteiger partial charge in [0.05, 0.1) is 11.9 Å². The van der Waals surface area contributed by atoms with E-state index >= 15 is 0 Å². The van der Waals surface area contributed by atoms with E-state index in [1.165, 1.54) is 19.3 Å². The third-order valence-electron chi connectivity index (χ3n) is 3.33. The maximum Gasteiger partial charge on any atom is 0.109 e. The van der Waals surface area contributed by atoms with Gasteiger partial charge in [-0.15, -0.1) is 0 Å². The Balaban J connectivity index is 2.05. The molecule has 2 rings (SSSR count). The smallest absolute Gasteiger partial charge is 0.109 e. The molecular formula is C12H18BrN3. The molecule has 1 aliphatic rings. The lowest BCUT2D eigenvalue weighted by Gasteiger charge is -2.20. The summed E-state index contributed by atoms with van der Waals surface area (Å²) in [6, 6.07) is 2.65. The Labute approximate surface area is 105 Å². The second-order valence-corrected chi connectivity index (χ2v) is 5.26. The first-order chi connectivity index (χ1) is 7.70. The lowest BCUT2D eigenvalue weighted by molar-refractivity contribution is 0.516. The van der Waals surface area contributed by atoms with E-state index in [2.05, 4.69) is 39.2 Å². The van der Waals surface area contributed by atoms with Crippen molar-refractivity contribution >= 4 is 21.6 Å². The summed E-state index contributed by atoms with van der Waals surface area (Å²) < 4.78 is 0.917. The molecule has 1 fully saturated rings. The molecule has 0 spiro atoms. The van der Waals surface area contributed by atoms with Crippen LogP contribution in [-0.2, 0) is 0 Å². The molecule has 4 heteroatoms. The third-order valence-corrected chi connectivity index (χ3v) is 4.16.